The van der Waals surface area contributed by atoms with E-state index in [4.69, 9.17) is 0 Å². The lowest BCUT2D eigenvalue weighted by molar-refractivity contribution is 0.849. The van der Waals surface area contributed by atoms with Gasteiger partial charge in [-0.2, -0.15) is 10.2 Å². The Balaban J connectivity index is 2.16. The average molecular weight is 224 g/mol. The molecule has 3 rings (SSSR count). The minimum atomic E-state index is 0.971. The van der Waals surface area contributed by atoms with E-state index in [2.05, 4.69) is 27.4 Å². The van der Waals surface area contributed by atoms with Gasteiger partial charge in [0, 0.05) is 17.5 Å². The number of benzene rings is 1. The van der Waals surface area contributed by atoms with Gasteiger partial charge in [0.25, 0.3) is 0 Å². The van der Waals surface area contributed by atoms with Crippen LogP contribution in [-0.2, 0) is 0 Å². The molecule has 0 fully saturated rings. The zero-order chi connectivity index (χ0) is 11.7. The first kappa shape index (κ1) is 9.84. The molecule has 1 N–H and O–H groups in total. The molecule has 1 aromatic carbocycles. The summed E-state index contributed by atoms with van der Waals surface area (Å²) in [6.07, 6.45) is 3.58. The third-order valence-corrected chi connectivity index (χ3v) is 2.74. The summed E-state index contributed by atoms with van der Waals surface area (Å²) in [6.45, 7) is 2.02. The van der Waals surface area contributed by atoms with Gasteiger partial charge in [-0.1, -0.05) is 30.3 Å². The molecule has 0 saturated carbocycles. The molecule has 3 aromatic rings. The van der Waals surface area contributed by atoms with Crippen LogP contribution in [0.2, 0.25) is 0 Å². The van der Waals surface area contributed by atoms with E-state index in [1.54, 1.807) is 12.4 Å². The minimum absolute atomic E-state index is 0.971. The Morgan fingerprint density at radius 1 is 1.12 bits per heavy atom. The Morgan fingerprint density at radius 2 is 1.94 bits per heavy atom. The first-order chi connectivity index (χ1) is 8.36. The normalized spacial score (nSPS) is 10.6. The number of H-pyrrole nitrogens is 1. The number of aryl methyl sites for hydroxylation is 1. The number of rotatable bonds is 2. The average Bonchev–Trinajstić information content (AvgIpc) is 2.98. The fourth-order valence-electron chi connectivity index (χ4n) is 1.88. The van der Waals surface area contributed by atoms with Crippen molar-refractivity contribution in [2.75, 3.05) is 0 Å². The Hall–Kier alpha value is -2.36. The first-order valence-electron chi connectivity index (χ1n) is 5.46. The maximum absolute atomic E-state index is 4.30. The van der Waals surface area contributed by atoms with Gasteiger partial charge in [-0.25, -0.2) is 4.68 Å². The molecule has 0 saturated heterocycles. The summed E-state index contributed by atoms with van der Waals surface area (Å²) in [5.74, 6) is 0. The zero-order valence-electron chi connectivity index (χ0n) is 9.46. The molecule has 0 unspecified atom stereocenters. The highest BCUT2D eigenvalue weighted by Gasteiger charge is 2.10. The third-order valence-electron chi connectivity index (χ3n) is 2.74. The fraction of sp³-hybridized carbons (Fsp3) is 0.0769. The topological polar surface area (TPSA) is 46.5 Å². The molecule has 0 radical (unpaired) electrons. The predicted molar refractivity (Wildman–Crippen MR) is 65.9 cm³/mol. The van der Waals surface area contributed by atoms with Gasteiger partial charge in [0.05, 0.1) is 11.9 Å². The quantitative estimate of drug-likeness (QED) is 0.727. The summed E-state index contributed by atoms with van der Waals surface area (Å²) in [7, 11) is 0. The van der Waals surface area contributed by atoms with Crippen molar-refractivity contribution >= 4 is 0 Å². The number of hydrogen-bond donors (Lipinski definition) is 1. The number of nitrogens with zero attached hydrogens (tertiary/aromatic N) is 3. The molecular formula is C13H12N4. The molecule has 2 heterocycles. The number of aromatic amines is 1. The molecule has 0 aliphatic rings. The largest absolute Gasteiger partial charge is 0.276 e. The number of nitrogens with one attached hydrogen (secondary N) is 1. The van der Waals surface area contributed by atoms with E-state index in [9.17, 15) is 0 Å². The Labute approximate surface area is 98.9 Å². The van der Waals surface area contributed by atoms with Gasteiger partial charge in [0.2, 0.25) is 0 Å². The monoisotopic (exact) mass is 224 g/mol. The van der Waals surface area contributed by atoms with Crippen LogP contribution < -0.4 is 0 Å². The van der Waals surface area contributed by atoms with Crippen molar-refractivity contribution in [2.45, 2.75) is 6.92 Å². The van der Waals surface area contributed by atoms with Crippen LogP contribution in [0.5, 0.6) is 0 Å². The van der Waals surface area contributed by atoms with Gasteiger partial charge >= 0.3 is 0 Å². The smallest absolute Gasteiger partial charge is 0.110 e. The first-order valence-corrected chi connectivity index (χ1v) is 5.46. The molecule has 0 amide bonds. The van der Waals surface area contributed by atoms with Crippen LogP contribution in [0.4, 0.5) is 0 Å². The lowest BCUT2D eigenvalue weighted by Gasteiger charge is -2.05. The van der Waals surface area contributed by atoms with Gasteiger partial charge < -0.3 is 0 Å². The molecule has 0 aliphatic carbocycles. The van der Waals surface area contributed by atoms with Crippen molar-refractivity contribution in [3.05, 3.63) is 54.5 Å². The van der Waals surface area contributed by atoms with E-state index in [-0.39, 0.29) is 0 Å². The predicted octanol–water partition coefficient (Wildman–Crippen LogP) is 2.57. The van der Waals surface area contributed by atoms with Crippen LogP contribution in [0.15, 0.2) is 48.8 Å². The van der Waals surface area contributed by atoms with Crippen molar-refractivity contribution in [2.24, 2.45) is 0 Å². The molecule has 0 aliphatic heterocycles. The second kappa shape index (κ2) is 3.90. The van der Waals surface area contributed by atoms with Gasteiger partial charge in [-0.05, 0) is 13.0 Å². The standard InChI is InChI=1S/C13H12N4/c1-10-7-8-15-17(10)12-9-14-16-13(12)11-5-3-2-4-6-11/h2-9H,1H3,(H,14,16). The molecule has 2 aromatic heterocycles. The van der Waals surface area contributed by atoms with E-state index >= 15 is 0 Å². The van der Waals surface area contributed by atoms with E-state index < -0.39 is 0 Å². The van der Waals surface area contributed by atoms with Gasteiger partial charge in [-0.3, -0.25) is 5.10 Å². The van der Waals surface area contributed by atoms with E-state index in [1.807, 2.05) is 35.9 Å². The lowest BCUT2D eigenvalue weighted by Crippen LogP contribution is -1.98. The van der Waals surface area contributed by atoms with Crippen molar-refractivity contribution in [3.8, 4) is 16.9 Å². The van der Waals surface area contributed by atoms with E-state index in [1.165, 1.54) is 0 Å². The van der Waals surface area contributed by atoms with Crippen LogP contribution in [0, 0.1) is 6.92 Å². The molecule has 4 heteroatoms. The van der Waals surface area contributed by atoms with Crippen molar-refractivity contribution < 1.29 is 0 Å². The van der Waals surface area contributed by atoms with Crippen LogP contribution in [0.1, 0.15) is 5.69 Å². The van der Waals surface area contributed by atoms with E-state index in [0.717, 1.165) is 22.6 Å². The van der Waals surface area contributed by atoms with Crippen LogP contribution in [0.25, 0.3) is 16.9 Å². The molecule has 4 nitrogen and oxygen atoms in total. The molecule has 17 heavy (non-hydrogen) atoms. The molecule has 0 atom stereocenters. The number of hydrogen-bond acceptors (Lipinski definition) is 2. The van der Waals surface area contributed by atoms with E-state index in [0.29, 0.717) is 0 Å². The van der Waals surface area contributed by atoms with Crippen molar-refractivity contribution in [3.63, 3.8) is 0 Å². The summed E-state index contributed by atoms with van der Waals surface area (Å²) in [6, 6.07) is 12.1. The minimum Gasteiger partial charge on any atom is -0.276 e. The van der Waals surface area contributed by atoms with Crippen molar-refractivity contribution in [1.82, 2.24) is 20.0 Å². The Kier molecular flexibility index (Phi) is 2.26. The fourth-order valence-corrected chi connectivity index (χ4v) is 1.88. The SMILES string of the molecule is Cc1ccnn1-c1cn[nH]c1-c1ccccc1. The van der Waals surface area contributed by atoms with Gasteiger partial charge in [0.15, 0.2) is 0 Å². The number of aromatic nitrogens is 4. The Bertz CT molecular complexity index is 622. The third kappa shape index (κ3) is 1.63. The summed E-state index contributed by atoms with van der Waals surface area (Å²) in [5, 5.41) is 11.4. The van der Waals surface area contributed by atoms with Crippen LogP contribution in [0.3, 0.4) is 0 Å². The molecule has 84 valence electrons. The molecule has 0 spiro atoms. The van der Waals surface area contributed by atoms with Crippen LogP contribution in [-0.4, -0.2) is 20.0 Å². The maximum Gasteiger partial charge on any atom is 0.110 e. The Morgan fingerprint density at radius 3 is 2.65 bits per heavy atom. The van der Waals surface area contributed by atoms with Crippen LogP contribution >= 0.6 is 0 Å². The van der Waals surface area contributed by atoms with Gasteiger partial charge in [-0.15, -0.1) is 0 Å². The summed E-state index contributed by atoms with van der Waals surface area (Å²) < 4.78 is 1.88. The lowest BCUT2D eigenvalue weighted by atomic mass is 10.1. The summed E-state index contributed by atoms with van der Waals surface area (Å²) in [4.78, 5) is 0. The summed E-state index contributed by atoms with van der Waals surface area (Å²) in [5.41, 5.74) is 4.15. The maximum atomic E-state index is 4.30. The second-order valence-corrected chi connectivity index (χ2v) is 3.88. The highest BCUT2D eigenvalue weighted by Crippen LogP contribution is 2.24. The zero-order valence-corrected chi connectivity index (χ0v) is 9.46. The molecule has 0 bridgehead atoms. The highest BCUT2D eigenvalue weighted by molar-refractivity contribution is 5.68. The highest BCUT2D eigenvalue weighted by atomic mass is 15.3. The van der Waals surface area contributed by atoms with Gasteiger partial charge in [0.1, 0.15) is 5.69 Å². The second-order valence-electron chi connectivity index (χ2n) is 3.88. The van der Waals surface area contributed by atoms with Crippen molar-refractivity contribution in [1.29, 1.82) is 0 Å². The summed E-state index contributed by atoms with van der Waals surface area (Å²) >= 11 is 0. The molecular weight excluding hydrogens is 212 g/mol.